The van der Waals surface area contributed by atoms with Crippen LogP contribution in [0.1, 0.15) is 0 Å². The molecule has 1 rings (SSSR count). The Hall–Kier alpha value is -0.510. The standard InChI is InChI=1S/C6H12O15S3/c7-3-2(1-18-22(9,10)11)19-6(8)5(21-24(15,16)17)4(3)20-23(12,13)14/h2-8H,1H2,(H,9,10,11)(H,12,13,14)(H,15,16,17)/t2?,3?,4?,5?,6-/m0/s1. The highest BCUT2D eigenvalue weighted by Crippen LogP contribution is 2.27. The molecule has 0 spiro atoms. The van der Waals surface area contributed by atoms with Gasteiger partial charge in [-0.25, -0.2) is 12.5 Å². The molecule has 1 fully saturated rings. The van der Waals surface area contributed by atoms with Crippen molar-refractivity contribution >= 4 is 31.2 Å². The van der Waals surface area contributed by atoms with Crippen LogP contribution >= 0.6 is 0 Å². The molecule has 24 heavy (non-hydrogen) atoms. The van der Waals surface area contributed by atoms with Crippen molar-refractivity contribution in [3.63, 3.8) is 0 Å². The summed E-state index contributed by atoms with van der Waals surface area (Å²) in [6.07, 6.45) is -11.3. The van der Waals surface area contributed by atoms with Crippen LogP contribution in [0.4, 0.5) is 0 Å². The highest BCUT2D eigenvalue weighted by atomic mass is 32.3. The zero-order chi connectivity index (χ0) is 18.9. The van der Waals surface area contributed by atoms with Gasteiger partial charge < -0.3 is 14.9 Å². The molecule has 0 radical (unpaired) electrons. The van der Waals surface area contributed by atoms with Crippen LogP contribution in [0.5, 0.6) is 0 Å². The third kappa shape index (κ3) is 7.16. The minimum Gasteiger partial charge on any atom is -0.387 e. The second-order valence-electron chi connectivity index (χ2n) is 4.25. The van der Waals surface area contributed by atoms with Gasteiger partial charge in [-0.15, -0.1) is 0 Å². The van der Waals surface area contributed by atoms with Crippen molar-refractivity contribution in [2.24, 2.45) is 0 Å². The van der Waals surface area contributed by atoms with Crippen LogP contribution in [0.3, 0.4) is 0 Å². The lowest BCUT2D eigenvalue weighted by Gasteiger charge is -2.40. The fourth-order valence-electron chi connectivity index (χ4n) is 1.69. The van der Waals surface area contributed by atoms with Crippen molar-refractivity contribution in [1.82, 2.24) is 0 Å². The Balaban J connectivity index is 3.08. The van der Waals surface area contributed by atoms with E-state index in [0.29, 0.717) is 0 Å². The molecule has 0 aliphatic carbocycles. The molecule has 0 aromatic rings. The summed E-state index contributed by atoms with van der Waals surface area (Å²) in [6, 6.07) is 0. The monoisotopic (exact) mass is 420 g/mol. The van der Waals surface area contributed by atoms with Crippen molar-refractivity contribution in [3.05, 3.63) is 0 Å². The van der Waals surface area contributed by atoms with E-state index in [1.807, 2.05) is 0 Å². The largest absolute Gasteiger partial charge is 0.397 e. The molecule has 0 bridgehead atoms. The summed E-state index contributed by atoms with van der Waals surface area (Å²) in [6.45, 7) is -1.17. The Morgan fingerprint density at radius 1 is 0.792 bits per heavy atom. The molecule has 1 saturated heterocycles. The van der Waals surface area contributed by atoms with Gasteiger partial charge >= 0.3 is 31.2 Å². The third-order valence-electron chi connectivity index (χ3n) is 2.48. The van der Waals surface area contributed by atoms with Crippen LogP contribution in [0.25, 0.3) is 0 Å². The Labute approximate surface area is 135 Å². The van der Waals surface area contributed by atoms with E-state index in [-0.39, 0.29) is 0 Å². The van der Waals surface area contributed by atoms with Gasteiger partial charge in [0.15, 0.2) is 12.4 Å². The van der Waals surface area contributed by atoms with Crippen molar-refractivity contribution in [2.75, 3.05) is 6.61 Å². The lowest BCUT2D eigenvalue weighted by atomic mass is 9.99. The number of aliphatic hydroxyl groups excluding tert-OH is 2. The van der Waals surface area contributed by atoms with E-state index in [1.165, 1.54) is 0 Å². The van der Waals surface area contributed by atoms with Crippen molar-refractivity contribution < 1.29 is 66.4 Å². The van der Waals surface area contributed by atoms with E-state index < -0.39 is 68.5 Å². The zero-order valence-electron chi connectivity index (χ0n) is 11.1. The van der Waals surface area contributed by atoms with Crippen molar-refractivity contribution in [2.45, 2.75) is 30.7 Å². The van der Waals surface area contributed by atoms with Gasteiger partial charge in [-0.3, -0.25) is 13.7 Å². The molecule has 0 aromatic carbocycles. The lowest BCUT2D eigenvalue weighted by Crippen LogP contribution is -2.61. The van der Waals surface area contributed by atoms with Crippen LogP contribution in [0.2, 0.25) is 0 Å². The zero-order valence-corrected chi connectivity index (χ0v) is 13.6. The van der Waals surface area contributed by atoms with Gasteiger partial charge in [0.25, 0.3) is 0 Å². The molecule has 18 heteroatoms. The first-order valence-electron chi connectivity index (χ1n) is 5.54. The van der Waals surface area contributed by atoms with Crippen LogP contribution in [0.15, 0.2) is 0 Å². The number of rotatable bonds is 7. The molecule has 15 nitrogen and oxygen atoms in total. The number of aliphatic hydroxyl groups is 2. The van der Waals surface area contributed by atoms with Gasteiger partial charge in [0, 0.05) is 0 Å². The first-order valence-corrected chi connectivity index (χ1v) is 9.63. The topological polar surface area (TPSA) is 240 Å². The predicted molar refractivity (Wildman–Crippen MR) is 67.2 cm³/mol. The van der Waals surface area contributed by atoms with Gasteiger partial charge in [0.05, 0.1) is 6.61 Å². The highest BCUT2D eigenvalue weighted by molar-refractivity contribution is 7.81. The molecule has 5 N–H and O–H groups in total. The molecule has 1 heterocycles. The Morgan fingerprint density at radius 2 is 1.25 bits per heavy atom. The quantitative estimate of drug-likeness (QED) is 0.248. The minimum atomic E-state index is -5.33. The first-order chi connectivity index (χ1) is 10.6. The molecular formula is C6H12O15S3. The third-order valence-corrected chi connectivity index (χ3v) is 3.85. The summed E-state index contributed by atoms with van der Waals surface area (Å²) < 4.78 is 106. The molecule has 4 unspecified atom stereocenters. The average Bonchev–Trinajstić information content (AvgIpc) is 2.32. The van der Waals surface area contributed by atoms with Gasteiger partial charge in [-0.05, 0) is 0 Å². The van der Waals surface area contributed by atoms with E-state index in [1.54, 1.807) is 0 Å². The van der Waals surface area contributed by atoms with E-state index in [0.717, 1.165) is 0 Å². The summed E-state index contributed by atoms with van der Waals surface area (Å²) in [4.78, 5) is 0. The molecule has 1 aliphatic rings. The molecule has 144 valence electrons. The van der Waals surface area contributed by atoms with E-state index in [4.69, 9.17) is 13.7 Å². The van der Waals surface area contributed by atoms with Gasteiger partial charge in [-0.2, -0.15) is 25.3 Å². The number of ether oxygens (including phenoxy) is 1. The second-order valence-corrected chi connectivity index (χ2v) is 7.43. The van der Waals surface area contributed by atoms with Crippen LogP contribution in [-0.4, -0.2) is 86.4 Å². The summed E-state index contributed by atoms with van der Waals surface area (Å²) in [5.41, 5.74) is 0. The summed E-state index contributed by atoms with van der Waals surface area (Å²) >= 11 is 0. The molecule has 1 aliphatic heterocycles. The summed E-state index contributed by atoms with van der Waals surface area (Å²) in [5.74, 6) is 0. The minimum absolute atomic E-state index is 1.17. The predicted octanol–water partition coefficient (Wildman–Crippen LogP) is -3.74. The SMILES string of the molecule is O=S(=O)(O)OCC1O[C@H](O)C(OS(=O)(=O)O)C(OS(=O)(=O)O)C1O. The fraction of sp³-hybridized carbons (Fsp3) is 1.00. The van der Waals surface area contributed by atoms with Gasteiger partial charge in [0.2, 0.25) is 0 Å². The normalized spacial score (nSPS) is 32.6. The maximum atomic E-state index is 10.8. The summed E-state index contributed by atoms with van der Waals surface area (Å²) in [7, 11) is -15.6. The Morgan fingerprint density at radius 3 is 1.67 bits per heavy atom. The van der Waals surface area contributed by atoms with E-state index in [9.17, 15) is 35.5 Å². The van der Waals surface area contributed by atoms with Crippen LogP contribution in [0, 0.1) is 0 Å². The van der Waals surface area contributed by atoms with Gasteiger partial charge in [-0.1, -0.05) is 0 Å². The highest BCUT2D eigenvalue weighted by Gasteiger charge is 2.50. The Kier molecular flexibility index (Phi) is 6.63. The fourth-order valence-corrected chi connectivity index (χ4v) is 2.99. The molecule has 0 aromatic heterocycles. The van der Waals surface area contributed by atoms with Crippen molar-refractivity contribution in [3.8, 4) is 0 Å². The number of hydrogen-bond acceptors (Lipinski definition) is 12. The smallest absolute Gasteiger partial charge is 0.387 e. The molecular weight excluding hydrogens is 408 g/mol. The van der Waals surface area contributed by atoms with Gasteiger partial charge in [0.1, 0.15) is 18.3 Å². The van der Waals surface area contributed by atoms with Crippen LogP contribution < -0.4 is 0 Å². The molecule has 0 amide bonds. The van der Waals surface area contributed by atoms with E-state index in [2.05, 4.69) is 17.3 Å². The summed E-state index contributed by atoms with van der Waals surface area (Å²) in [5, 5.41) is 19.4. The first kappa shape index (κ1) is 21.5. The average molecular weight is 420 g/mol. The second kappa shape index (κ2) is 7.39. The maximum absolute atomic E-state index is 10.8. The Bertz CT molecular complexity index is 736. The molecule has 0 saturated carbocycles. The molecule has 5 atom stereocenters. The van der Waals surface area contributed by atoms with Crippen molar-refractivity contribution in [1.29, 1.82) is 0 Å². The van der Waals surface area contributed by atoms with Crippen LogP contribution in [-0.2, 0) is 48.5 Å². The van der Waals surface area contributed by atoms with E-state index >= 15 is 0 Å². The maximum Gasteiger partial charge on any atom is 0.397 e. The number of hydrogen-bond donors (Lipinski definition) is 5. The lowest BCUT2D eigenvalue weighted by molar-refractivity contribution is -0.275.